The van der Waals surface area contributed by atoms with Gasteiger partial charge in [0.2, 0.25) is 0 Å². The second-order valence-corrected chi connectivity index (χ2v) is 3.62. The van der Waals surface area contributed by atoms with E-state index in [0.29, 0.717) is 14.9 Å². The average molecular weight is 248 g/mol. The Hall–Kier alpha value is -0.550. The summed E-state index contributed by atoms with van der Waals surface area (Å²) in [6.45, 7) is 1.68. The number of nitro groups is 1. The van der Waals surface area contributed by atoms with Gasteiger partial charge >= 0.3 is 0 Å². The topological polar surface area (TPSA) is 43.1 Å². The number of rotatable bonds is 1. The first kappa shape index (κ1) is 9.54. The largest absolute Gasteiger partial charge is 0.286 e. The van der Waals surface area contributed by atoms with E-state index in [1.807, 2.05) is 0 Å². The van der Waals surface area contributed by atoms with E-state index in [-0.39, 0.29) is 5.69 Å². The van der Waals surface area contributed by atoms with Crippen molar-refractivity contribution in [1.29, 1.82) is 0 Å². The van der Waals surface area contributed by atoms with Gasteiger partial charge in [0.15, 0.2) is 0 Å². The zero-order valence-electron chi connectivity index (χ0n) is 6.24. The summed E-state index contributed by atoms with van der Waals surface area (Å²) in [6.07, 6.45) is 0. The monoisotopic (exact) mass is 247 g/mol. The van der Waals surface area contributed by atoms with Gasteiger partial charge in [0.1, 0.15) is 0 Å². The van der Waals surface area contributed by atoms with Gasteiger partial charge in [-0.1, -0.05) is 6.07 Å². The number of nitro benzene ring substituents is 1. The van der Waals surface area contributed by atoms with Gasteiger partial charge in [-0.3, -0.25) is 10.1 Å². The Bertz CT molecular complexity index is 340. The Morgan fingerprint density at radius 1 is 1.58 bits per heavy atom. The number of aryl methyl sites for hydroxylation is 1. The van der Waals surface area contributed by atoms with Gasteiger partial charge in [0.05, 0.1) is 9.82 Å². The van der Waals surface area contributed by atoms with Crippen LogP contribution in [0, 0.1) is 17.0 Å². The number of halogens is 1. The molecular formula is C7H6BrNO2S. The van der Waals surface area contributed by atoms with Crippen LogP contribution in [0.1, 0.15) is 5.56 Å². The normalized spacial score (nSPS) is 9.92. The molecule has 0 saturated heterocycles. The molecule has 0 aliphatic carbocycles. The zero-order chi connectivity index (χ0) is 9.30. The smallest absolute Gasteiger partial charge is 0.258 e. The number of hydrogen-bond donors (Lipinski definition) is 1. The maximum Gasteiger partial charge on any atom is 0.286 e. The third-order valence-electron chi connectivity index (χ3n) is 1.49. The number of benzene rings is 1. The van der Waals surface area contributed by atoms with Crippen molar-refractivity contribution in [3.63, 3.8) is 0 Å². The summed E-state index contributed by atoms with van der Waals surface area (Å²) in [4.78, 5) is 10.5. The molecule has 3 nitrogen and oxygen atoms in total. The first-order valence-corrected chi connectivity index (χ1v) is 4.40. The minimum Gasteiger partial charge on any atom is -0.258 e. The van der Waals surface area contributed by atoms with E-state index >= 15 is 0 Å². The molecule has 0 radical (unpaired) electrons. The van der Waals surface area contributed by atoms with Crippen molar-refractivity contribution < 1.29 is 4.92 Å². The van der Waals surface area contributed by atoms with Crippen LogP contribution in [0.3, 0.4) is 0 Å². The minimum atomic E-state index is -0.428. The third kappa shape index (κ3) is 1.61. The van der Waals surface area contributed by atoms with E-state index in [2.05, 4.69) is 28.6 Å². The van der Waals surface area contributed by atoms with E-state index in [0.717, 1.165) is 0 Å². The van der Waals surface area contributed by atoms with Gasteiger partial charge in [-0.25, -0.2) is 0 Å². The molecule has 0 aliphatic rings. The van der Waals surface area contributed by atoms with Crippen molar-refractivity contribution in [2.45, 2.75) is 11.8 Å². The highest BCUT2D eigenvalue weighted by Crippen LogP contribution is 2.32. The Labute approximate surface area is 83.5 Å². The summed E-state index contributed by atoms with van der Waals surface area (Å²) >= 11 is 7.20. The highest BCUT2D eigenvalue weighted by molar-refractivity contribution is 9.10. The van der Waals surface area contributed by atoms with Crippen molar-refractivity contribution in [3.8, 4) is 0 Å². The van der Waals surface area contributed by atoms with Crippen LogP contribution in [0.4, 0.5) is 5.69 Å². The molecule has 1 rings (SSSR count). The molecule has 0 heterocycles. The van der Waals surface area contributed by atoms with Crippen LogP contribution in [0.5, 0.6) is 0 Å². The molecule has 0 atom stereocenters. The molecule has 0 spiro atoms. The lowest BCUT2D eigenvalue weighted by Gasteiger charge is -2.01. The van der Waals surface area contributed by atoms with Crippen LogP contribution < -0.4 is 0 Å². The van der Waals surface area contributed by atoms with E-state index in [4.69, 9.17) is 0 Å². The van der Waals surface area contributed by atoms with Crippen molar-refractivity contribution in [3.05, 3.63) is 32.3 Å². The second kappa shape index (κ2) is 3.45. The van der Waals surface area contributed by atoms with E-state index in [1.165, 1.54) is 0 Å². The predicted octanol–water partition coefficient (Wildman–Crippen LogP) is 2.95. The minimum absolute atomic E-state index is 0.0627. The molecular weight excluding hydrogens is 242 g/mol. The van der Waals surface area contributed by atoms with Gasteiger partial charge in [-0.05, 0) is 28.9 Å². The summed E-state index contributed by atoms with van der Waals surface area (Å²) in [7, 11) is 0. The summed E-state index contributed by atoms with van der Waals surface area (Å²) in [5.74, 6) is 0. The molecule has 0 aromatic heterocycles. The molecule has 0 aliphatic heterocycles. The highest BCUT2D eigenvalue weighted by Gasteiger charge is 2.16. The maximum absolute atomic E-state index is 10.5. The molecule has 0 amide bonds. The van der Waals surface area contributed by atoms with Crippen molar-refractivity contribution >= 4 is 34.2 Å². The Morgan fingerprint density at radius 2 is 2.17 bits per heavy atom. The molecule has 0 bridgehead atoms. The molecule has 0 unspecified atom stereocenters. The van der Waals surface area contributed by atoms with Crippen LogP contribution in [-0.4, -0.2) is 4.92 Å². The van der Waals surface area contributed by atoms with E-state index < -0.39 is 4.92 Å². The number of thiol groups is 1. The van der Waals surface area contributed by atoms with Crippen LogP contribution in [0.2, 0.25) is 0 Å². The predicted molar refractivity (Wildman–Crippen MR) is 52.8 cm³/mol. The molecule has 1 aromatic carbocycles. The Balaban J connectivity index is 3.43. The van der Waals surface area contributed by atoms with Crippen LogP contribution in [0.25, 0.3) is 0 Å². The van der Waals surface area contributed by atoms with Crippen LogP contribution in [-0.2, 0) is 0 Å². The lowest BCUT2D eigenvalue weighted by Crippen LogP contribution is -1.93. The van der Waals surface area contributed by atoms with Crippen molar-refractivity contribution in [2.24, 2.45) is 0 Å². The molecule has 1 aromatic rings. The molecule has 64 valence electrons. The SMILES string of the molecule is Cc1ccc(Br)c(S)c1[N+](=O)[O-]. The first-order valence-electron chi connectivity index (χ1n) is 3.16. The summed E-state index contributed by atoms with van der Waals surface area (Å²) in [5, 5.41) is 10.5. The standard InChI is InChI=1S/C7H6BrNO2S/c1-4-2-3-5(8)7(12)6(4)9(10)11/h2-3,12H,1H3. The maximum atomic E-state index is 10.5. The summed E-state index contributed by atoms with van der Waals surface area (Å²) < 4.78 is 0.642. The zero-order valence-corrected chi connectivity index (χ0v) is 8.72. The molecule has 0 saturated carbocycles. The lowest BCUT2D eigenvalue weighted by molar-refractivity contribution is -0.388. The van der Waals surface area contributed by atoms with Gasteiger partial charge in [0, 0.05) is 10.0 Å². The average Bonchev–Trinajstić information content (AvgIpc) is 1.97. The Kier molecular flexibility index (Phi) is 2.74. The van der Waals surface area contributed by atoms with Gasteiger partial charge in [0.25, 0.3) is 5.69 Å². The van der Waals surface area contributed by atoms with Crippen LogP contribution >= 0.6 is 28.6 Å². The fraction of sp³-hybridized carbons (Fsp3) is 0.143. The van der Waals surface area contributed by atoms with E-state index in [1.54, 1.807) is 19.1 Å². The quantitative estimate of drug-likeness (QED) is 0.471. The highest BCUT2D eigenvalue weighted by atomic mass is 79.9. The Morgan fingerprint density at radius 3 is 2.58 bits per heavy atom. The summed E-state index contributed by atoms with van der Waals surface area (Å²) in [6, 6.07) is 3.42. The summed E-state index contributed by atoms with van der Waals surface area (Å²) in [5.41, 5.74) is 0.681. The van der Waals surface area contributed by atoms with Crippen LogP contribution in [0.15, 0.2) is 21.5 Å². The van der Waals surface area contributed by atoms with E-state index in [9.17, 15) is 10.1 Å². The third-order valence-corrected chi connectivity index (χ3v) is 2.91. The fourth-order valence-corrected chi connectivity index (χ4v) is 1.54. The van der Waals surface area contributed by atoms with Crippen molar-refractivity contribution in [1.82, 2.24) is 0 Å². The van der Waals surface area contributed by atoms with Gasteiger partial charge < -0.3 is 0 Å². The van der Waals surface area contributed by atoms with Gasteiger partial charge in [-0.2, -0.15) is 0 Å². The molecule has 12 heavy (non-hydrogen) atoms. The number of hydrogen-bond acceptors (Lipinski definition) is 3. The molecule has 5 heteroatoms. The number of nitrogens with zero attached hydrogens (tertiary/aromatic N) is 1. The van der Waals surface area contributed by atoms with Gasteiger partial charge in [-0.15, -0.1) is 12.6 Å². The lowest BCUT2D eigenvalue weighted by atomic mass is 10.2. The molecule has 0 N–H and O–H groups in total. The van der Waals surface area contributed by atoms with Crippen molar-refractivity contribution in [2.75, 3.05) is 0 Å². The fourth-order valence-electron chi connectivity index (χ4n) is 0.886. The first-order chi connectivity index (χ1) is 5.54. The second-order valence-electron chi connectivity index (χ2n) is 2.32. The molecule has 0 fully saturated rings.